The summed E-state index contributed by atoms with van der Waals surface area (Å²) < 4.78 is 9.17. The zero-order chi connectivity index (χ0) is 14.3. The summed E-state index contributed by atoms with van der Waals surface area (Å²) in [5, 5.41) is 0. The fourth-order valence-corrected chi connectivity index (χ4v) is 3.58. The van der Waals surface area contributed by atoms with Gasteiger partial charge in [-0.25, -0.2) is 0 Å². The van der Waals surface area contributed by atoms with Gasteiger partial charge in [0.15, 0.2) is 0 Å². The first-order valence-electron chi connectivity index (χ1n) is 5.47. The van der Waals surface area contributed by atoms with Gasteiger partial charge in [-0.3, -0.25) is 0 Å². The molecule has 0 saturated carbocycles. The van der Waals surface area contributed by atoms with Crippen LogP contribution in [0.2, 0.25) is 4.31 Å². The molecule has 0 aliphatic rings. The SMILES string of the molecule is C#CCOC(=O)C(C)([Se]c1ccccc1)C(=O)OC. The van der Waals surface area contributed by atoms with E-state index in [4.69, 9.17) is 15.9 Å². The fraction of sp³-hybridized carbons (Fsp3) is 0.286. The van der Waals surface area contributed by atoms with Gasteiger partial charge in [-0.2, -0.15) is 0 Å². The van der Waals surface area contributed by atoms with E-state index in [-0.39, 0.29) is 6.61 Å². The van der Waals surface area contributed by atoms with E-state index in [1.165, 1.54) is 14.0 Å². The molecule has 1 aromatic rings. The van der Waals surface area contributed by atoms with Crippen LogP contribution in [0.15, 0.2) is 30.3 Å². The number of rotatable bonds is 5. The Labute approximate surface area is 118 Å². The molecule has 1 unspecified atom stereocenters. The van der Waals surface area contributed by atoms with Gasteiger partial charge >= 0.3 is 118 Å². The van der Waals surface area contributed by atoms with E-state index < -0.39 is 31.2 Å². The molecular formula is C14H14O4Se. The number of terminal acetylenes is 1. The zero-order valence-corrected chi connectivity index (χ0v) is 12.4. The molecule has 0 bridgehead atoms. The summed E-state index contributed by atoms with van der Waals surface area (Å²) in [6.07, 6.45) is 5.04. The van der Waals surface area contributed by atoms with E-state index in [0.717, 1.165) is 4.46 Å². The maximum absolute atomic E-state index is 12.0. The maximum atomic E-state index is 12.0. The Hall–Kier alpha value is -1.76. The van der Waals surface area contributed by atoms with Gasteiger partial charge in [0.25, 0.3) is 0 Å². The summed E-state index contributed by atoms with van der Waals surface area (Å²) in [5.41, 5.74) is 0. The molecule has 0 aliphatic heterocycles. The third-order valence-electron chi connectivity index (χ3n) is 2.32. The Morgan fingerprint density at radius 1 is 1.32 bits per heavy atom. The summed E-state index contributed by atoms with van der Waals surface area (Å²) >= 11 is -0.451. The van der Waals surface area contributed by atoms with Crippen LogP contribution < -0.4 is 4.46 Å². The summed E-state index contributed by atoms with van der Waals surface area (Å²) in [4.78, 5) is 23.9. The van der Waals surface area contributed by atoms with Crippen LogP contribution in [0.5, 0.6) is 0 Å². The molecule has 0 amide bonds. The van der Waals surface area contributed by atoms with Gasteiger partial charge in [-0.1, -0.05) is 0 Å². The Balaban J connectivity index is 2.97. The van der Waals surface area contributed by atoms with Crippen molar-refractivity contribution >= 4 is 31.4 Å². The van der Waals surface area contributed by atoms with Gasteiger partial charge in [0, 0.05) is 0 Å². The first-order valence-corrected chi connectivity index (χ1v) is 7.19. The monoisotopic (exact) mass is 326 g/mol. The molecular weight excluding hydrogens is 311 g/mol. The molecule has 0 radical (unpaired) electrons. The summed E-state index contributed by atoms with van der Waals surface area (Å²) in [5.74, 6) is 0.939. The fourth-order valence-electron chi connectivity index (χ4n) is 1.33. The van der Waals surface area contributed by atoms with Crippen LogP contribution in [-0.4, -0.2) is 40.6 Å². The van der Waals surface area contributed by atoms with Crippen LogP contribution in [0.3, 0.4) is 0 Å². The number of ether oxygens (including phenoxy) is 2. The molecule has 100 valence electrons. The van der Waals surface area contributed by atoms with E-state index in [2.05, 4.69) is 5.92 Å². The number of esters is 2. The molecule has 0 N–H and O–H groups in total. The van der Waals surface area contributed by atoms with E-state index in [0.29, 0.717) is 0 Å². The molecule has 1 atom stereocenters. The van der Waals surface area contributed by atoms with Crippen molar-refractivity contribution in [3.63, 3.8) is 0 Å². The van der Waals surface area contributed by atoms with Crippen molar-refractivity contribution in [1.29, 1.82) is 0 Å². The molecule has 0 aromatic heterocycles. The molecule has 0 heterocycles. The van der Waals surface area contributed by atoms with Crippen LogP contribution in [0.25, 0.3) is 0 Å². The summed E-state index contributed by atoms with van der Waals surface area (Å²) in [6, 6.07) is 9.28. The predicted octanol–water partition coefficient (Wildman–Crippen LogP) is 0.544. The first kappa shape index (κ1) is 15.3. The molecule has 0 saturated heterocycles. The predicted molar refractivity (Wildman–Crippen MR) is 72.0 cm³/mol. The second-order valence-corrected chi connectivity index (χ2v) is 6.85. The Morgan fingerprint density at radius 2 is 1.95 bits per heavy atom. The summed E-state index contributed by atoms with van der Waals surface area (Å²) in [6.45, 7) is 1.36. The van der Waals surface area contributed by atoms with Crippen LogP contribution in [0.1, 0.15) is 6.92 Å². The van der Waals surface area contributed by atoms with Crippen LogP contribution >= 0.6 is 0 Å². The zero-order valence-electron chi connectivity index (χ0n) is 10.7. The number of methoxy groups -OCH3 is 1. The van der Waals surface area contributed by atoms with Crippen molar-refractivity contribution in [3.05, 3.63) is 30.3 Å². The Morgan fingerprint density at radius 3 is 2.47 bits per heavy atom. The third-order valence-corrected chi connectivity index (χ3v) is 4.94. The normalized spacial score (nSPS) is 12.9. The van der Waals surface area contributed by atoms with Crippen molar-refractivity contribution in [2.45, 2.75) is 11.2 Å². The van der Waals surface area contributed by atoms with Crippen LogP contribution in [-0.2, 0) is 19.1 Å². The number of benzene rings is 1. The number of hydrogen-bond donors (Lipinski definition) is 0. The molecule has 1 rings (SSSR count). The standard InChI is InChI=1S/C14H14O4Se/c1-4-10-18-13(16)14(2,12(15)17-3)19-11-8-6-5-7-9-11/h1,5-9H,10H2,2-3H3. The third kappa shape index (κ3) is 3.85. The van der Waals surface area contributed by atoms with Crippen LogP contribution in [0.4, 0.5) is 0 Å². The van der Waals surface area contributed by atoms with Gasteiger partial charge in [-0.15, -0.1) is 0 Å². The van der Waals surface area contributed by atoms with Gasteiger partial charge in [0.2, 0.25) is 0 Å². The second kappa shape index (κ2) is 6.98. The first-order chi connectivity index (χ1) is 9.04. The minimum atomic E-state index is -1.33. The van der Waals surface area contributed by atoms with Gasteiger partial charge in [0.1, 0.15) is 0 Å². The quantitative estimate of drug-likeness (QED) is 0.343. The number of carbonyl (C=O) groups excluding carboxylic acids is 2. The van der Waals surface area contributed by atoms with Crippen molar-refractivity contribution in [2.75, 3.05) is 13.7 Å². The van der Waals surface area contributed by atoms with Crippen molar-refractivity contribution in [3.8, 4) is 12.3 Å². The van der Waals surface area contributed by atoms with Crippen LogP contribution in [0, 0.1) is 12.3 Å². The molecule has 19 heavy (non-hydrogen) atoms. The van der Waals surface area contributed by atoms with E-state index >= 15 is 0 Å². The van der Waals surface area contributed by atoms with Gasteiger partial charge < -0.3 is 0 Å². The summed E-state index contributed by atoms with van der Waals surface area (Å²) in [7, 11) is 1.25. The Kier molecular flexibility index (Phi) is 5.62. The van der Waals surface area contributed by atoms with Crippen molar-refractivity contribution < 1.29 is 19.1 Å². The molecule has 0 fully saturated rings. The minimum absolute atomic E-state index is 0.156. The van der Waals surface area contributed by atoms with Crippen molar-refractivity contribution in [2.24, 2.45) is 0 Å². The van der Waals surface area contributed by atoms with E-state index in [9.17, 15) is 9.59 Å². The average molecular weight is 325 g/mol. The van der Waals surface area contributed by atoms with E-state index in [1.807, 2.05) is 30.3 Å². The molecule has 0 aliphatic carbocycles. The number of carbonyl (C=O) groups is 2. The van der Waals surface area contributed by atoms with Crippen molar-refractivity contribution in [1.82, 2.24) is 0 Å². The topological polar surface area (TPSA) is 52.6 Å². The average Bonchev–Trinajstić information content (AvgIpc) is 2.44. The van der Waals surface area contributed by atoms with Gasteiger partial charge in [0.05, 0.1) is 0 Å². The van der Waals surface area contributed by atoms with E-state index in [1.54, 1.807) is 0 Å². The molecule has 0 spiro atoms. The molecule has 4 nitrogen and oxygen atoms in total. The Bertz CT molecular complexity index is 492. The molecule has 5 heteroatoms. The second-order valence-electron chi connectivity index (χ2n) is 3.72. The van der Waals surface area contributed by atoms with Gasteiger partial charge in [-0.05, 0) is 0 Å². The molecule has 1 aromatic carbocycles. The number of hydrogen-bond acceptors (Lipinski definition) is 4.